The van der Waals surface area contributed by atoms with Gasteiger partial charge in [0.15, 0.2) is 5.76 Å². The largest absolute Gasteiger partial charge is 0.439 e. The Hall–Kier alpha value is -1.61. The summed E-state index contributed by atoms with van der Waals surface area (Å²) < 4.78 is 5.64. The van der Waals surface area contributed by atoms with Crippen LogP contribution >= 0.6 is 0 Å². The van der Waals surface area contributed by atoms with Crippen LogP contribution in [0.5, 0.6) is 0 Å². The fraction of sp³-hybridized carbons (Fsp3) is 0.308. The van der Waals surface area contributed by atoms with Gasteiger partial charge in [0.1, 0.15) is 0 Å². The molecule has 0 amide bonds. The first kappa shape index (κ1) is 10.9. The van der Waals surface area contributed by atoms with E-state index in [2.05, 4.69) is 36.3 Å². The van der Waals surface area contributed by atoms with Crippen LogP contribution in [0.3, 0.4) is 0 Å². The molecular weight excluding hydrogens is 200 g/mol. The van der Waals surface area contributed by atoms with Gasteiger partial charge in [-0.1, -0.05) is 36.8 Å². The minimum atomic E-state index is 0.683. The quantitative estimate of drug-likeness (QED) is 0.854. The van der Waals surface area contributed by atoms with Gasteiger partial charge in [-0.05, 0) is 13.5 Å². The molecule has 0 fully saturated rings. The molecule has 1 heterocycles. The highest BCUT2D eigenvalue weighted by Gasteiger charge is 2.05. The van der Waals surface area contributed by atoms with Crippen molar-refractivity contribution in [2.24, 2.45) is 0 Å². The van der Waals surface area contributed by atoms with Crippen molar-refractivity contribution in [3.63, 3.8) is 0 Å². The third-order valence-electron chi connectivity index (χ3n) is 2.42. The average molecular weight is 216 g/mol. The van der Waals surface area contributed by atoms with E-state index >= 15 is 0 Å². The van der Waals surface area contributed by atoms with Crippen molar-refractivity contribution in [3.05, 3.63) is 41.9 Å². The molecule has 0 bridgehead atoms. The normalized spacial score (nSPS) is 10.6. The molecule has 0 unspecified atom stereocenters. The third kappa shape index (κ3) is 2.49. The van der Waals surface area contributed by atoms with Gasteiger partial charge < -0.3 is 9.73 Å². The van der Waals surface area contributed by atoms with E-state index in [1.807, 2.05) is 12.1 Å². The van der Waals surface area contributed by atoms with Crippen molar-refractivity contribution in [2.75, 3.05) is 6.54 Å². The summed E-state index contributed by atoms with van der Waals surface area (Å²) in [5.41, 5.74) is 2.32. The van der Waals surface area contributed by atoms with Crippen LogP contribution in [0.4, 0.5) is 0 Å². The Morgan fingerprint density at radius 3 is 2.69 bits per heavy atom. The fourth-order valence-corrected chi connectivity index (χ4v) is 1.48. The number of oxazole rings is 1. The van der Waals surface area contributed by atoms with Gasteiger partial charge in [0, 0.05) is 5.56 Å². The molecule has 0 radical (unpaired) electrons. The fourth-order valence-electron chi connectivity index (χ4n) is 1.48. The van der Waals surface area contributed by atoms with Crippen LogP contribution in [0.15, 0.2) is 34.9 Å². The molecule has 3 nitrogen and oxygen atoms in total. The first-order chi connectivity index (χ1) is 7.79. The van der Waals surface area contributed by atoms with Gasteiger partial charge in [-0.2, -0.15) is 0 Å². The van der Waals surface area contributed by atoms with Gasteiger partial charge in [0.2, 0.25) is 5.89 Å². The molecule has 0 saturated carbocycles. The van der Waals surface area contributed by atoms with Gasteiger partial charge in [0.25, 0.3) is 0 Å². The maximum Gasteiger partial charge on any atom is 0.208 e. The predicted octanol–water partition coefficient (Wildman–Crippen LogP) is 2.76. The highest BCUT2D eigenvalue weighted by atomic mass is 16.4. The Kier molecular flexibility index (Phi) is 3.37. The van der Waals surface area contributed by atoms with Gasteiger partial charge in [-0.3, -0.25) is 0 Å². The summed E-state index contributed by atoms with van der Waals surface area (Å²) in [5.74, 6) is 1.56. The minimum Gasteiger partial charge on any atom is -0.439 e. The van der Waals surface area contributed by atoms with E-state index in [1.165, 1.54) is 5.56 Å². The molecule has 0 aliphatic carbocycles. The van der Waals surface area contributed by atoms with E-state index < -0.39 is 0 Å². The Balaban J connectivity index is 2.15. The summed E-state index contributed by atoms with van der Waals surface area (Å²) in [5, 5.41) is 3.18. The Morgan fingerprint density at radius 1 is 1.25 bits per heavy atom. The number of nitrogens with one attached hydrogen (secondary N) is 1. The van der Waals surface area contributed by atoms with Crippen LogP contribution in [0.2, 0.25) is 0 Å². The monoisotopic (exact) mass is 216 g/mol. The van der Waals surface area contributed by atoms with Crippen molar-refractivity contribution in [1.29, 1.82) is 0 Å². The molecule has 2 rings (SSSR count). The van der Waals surface area contributed by atoms with E-state index in [0.29, 0.717) is 6.54 Å². The van der Waals surface area contributed by atoms with Crippen molar-refractivity contribution in [1.82, 2.24) is 10.3 Å². The highest BCUT2D eigenvalue weighted by Crippen LogP contribution is 2.20. The summed E-state index contributed by atoms with van der Waals surface area (Å²) in [6.45, 7) is 5.73. The minimum absolute atomic E-state index is 0.683. The molecule has 1 N–H and O–H groups in total. The van der Waals surface area contributed by atoms with E-state index in [9.17, 15) is 0 Å². The Morgan fingerprint density at radius 2 is 2.00 bits per heavy atom. The molecule has 16 heavy (non-hydrogen) atoms. The van der Waals surface area contributed by atoms with Gasteiger partial charge in [-0.15, -0.1) is 0 Å². The summed E-state index contributed by atoms with van der Waals surface area (Å²) in [7, 11) is 0. The Bertz CT molecular complexity index is 445. The van der Waals surface area contributed by atoms with Crippen molar-refractivity contribution >= 4 is 0 Å². The van der Waals surface area contributed by atoms with Gasteiger partial charge >= 0.3 is 0 Å². The van der Waals surface area contributed by atoms with Crippen LogP contribution < -0.4 is 5.32 Å². The zero-order valence-electron chi connectivity index (χ0n) is 9.66. The molecule has 2 aromatic rings. The molecule has 1 aromatic carbocycles. The number of aryl methyl sites for hydroxylation is 1. The summed E-state index contributed by atoms with van der Waals surface area (Å²) in [4.78, 5) is 4.22. The van der Waals surface area contributed by atoms with Crippen LogP contribution in [-0.4, -0.2) is 11.5 Å². The third-order valence-corrected chi connectivity index (χ3v) is 2.42. The number of benzene rings is 1. The van der Waals surface area contributed by atoms with Gasteiger partial charge in [0.05, 0.1) is 12.7 Å². The molecule has 0 spiro atoms. The molecule has 3 heteroatoms. The average Bonchev–Trinajstić information content (AvgIpc) is 2.76. The standard InChI is InChI=1S/C13H16N2O/c1-3-14-9-13-15-8-12(16-13)11-6-4-10(2)5-7-11/h4-8,14H,3,9H2,1-2H3. The topological polar surface area (TPSA) is 38.1 Å². The van der Waals surface area contributed by atoms with E-state index in [1.54, 1.807) is 6.20 Å². The van der Waals surface area contributed by atoms with E-state index in [4.69, 9.17) is 4.42 Å². The lowest BCUT2D eigenvalue weighted by molar-refractivity contribution is 0.482. The molecule has 0 atom stereocenters. The summed E-state index contributed by atoms with van der Waals surface area (Å²) in [6, 6.07) is 8.24. The van der Waals surface area contributed by atoms with Gasteiger partial charge in [-0.25, -0.2) is 4.98 Å². The number of aromatic nitrogens is 1. The number of rotatable bonds is 4. The maximum absolute atomic E-state index is 5.64. The van der Waals surface area contributed by atoms with Crippen molar-refractivity contribution in [2.45, 2.75) is 20.4 Å². The Labute approximate surface area is 95.5 Å². The molecule has 1 aromatic heterocycles. The number of hydrogen-bond acceptors (Lipinski definition) is 3. The molecular formula is C13H16N2O. The second-order valence-corrected chi connectivity index (χ2v) is 3.76. The molecule has 84 valence electrons. The van der Waals surface area contributed by atoms with Crippen LogP contribution in [0.25, 0.3) is 11.3 Å². The maximum atomic E-state index is 5.64. The highest BCUT2D eigenvalue weighted by molar-refractivity contribution is 5.56. The lowest BCUT2D eigenvalue weighted by Crippen LogP contribution is -2.11. The van der Waals surface area contributed by atoms with Crippen molar-refractivity contribution < 1.29 is 4.42 Å². The summed E-state index contributed by atoms with van der Waals surface area (Å²) in [6.07, 6.45) is 1.78. The molecule has 0 saturated heterocycles. The zero-order valence-corrected chi connectivity index (χ0v) is 9.66. The lowest BCUT2D eigenvalue weighted by atomic mass is 10.1. The predicted molar refractivity (Wildman–Crippen MR) is 64.1 cm³/mol. The van der Waals surface area contributed by atoms with E-state index in [-0.39, 0.29) is 0 Å². The van der Waals surface area contributed by atoms with Crippen LogP contribution in [-0.2, 0) is 6.54 Å². The summed E-state index contributed by atoms with van der Waals surface area (Å²) >= 11 is 0. The lowest BCUT2D eigenvalue weighted by Gasteiger charge is -1.97. The number of nitrogens with zero attached hydrogens (tertiary/aromatic N) is 1. The molecule has 0 aliphatic heterocycles. The number of hydrogen-bond donors (Lipinski definition) is 1. The van der Waals surface area contributed by atoms with E-state index in [0.717, 1.165) is 23.8 Å². The molecule has 0 aliphatic rings. The smallest absolute Gasteiger partial charge is 0.208 e. The van der Waals surface area contributed by atoms with Crippen LogP contribution in [0.1, 0.15) is 18.4 Å². The second-order valence-electron chi connectivity index (χ2n) is 3.76. The first-order valence-electron chi connectivity index (χ1n) is 5.52. The zero-order chi connectivity index (χ0) is 11.4. The van der Waals surface area contributed by atoms with Crippen LogP contribution in [0, 0.1) is 6.92 Å². The van der Waals surface area contributed by atoms with Crippen molar-refractivity contribution in [3.8, 4) is 11.3 Å². The first-order valence-corrected chi connectivity index (χ1v) is 5.52. The second kappa shape index (κ2) is 4.94. The SMILES string of the molecule is CCNCc1ncc(-c2ccc(C)cc2)o1.